The molecule has 17 heavy (non-hydrogen) atoms. The summed E-state index contributed by atoms with van der Waals surface area (Å²) in [4.78, 5) is 10.8. The van der Waals surface area contributed by atoms with Gasteiger partial charge in [0.05, 0.1) is 12.4 Å². The number of quaternary nitrogens is 1. The van der Waals surface area contributed by atoms with Gasteiger partial charge in [-0.25, -0.2) is 4.98 Å². The van der Waals surface area contributed by atoms with Crippen molar-refractivity contribution in [1.29, 1.82) is 0 Å². The monoisotopic (exact) mass is 234 g/mol. The molecule has 0 saturated carbocycles. The Balaban J connectivity index is 1.90. The standard InChI is InChI=1S/C10H14N6O/c17-16-6-3-12-9-10(16)14-8(7-13-9)15-4-1-11-2-5-15/h3,6-7,11,16H,1-2,4-5H2,(H,12,13). The molecule has 3 rings (SSSR count). The first-order valence-corrected chi connectivity index (χ1v) is 5.65. The highest BCUT2D eigenvalue weighted by atomic mass is 16.5. The highest BCUT2D eigenvalue weighted by molar-refractivity contribution is 5.57. The topological polar surface area (TPSA) is 80.6 Å². The second-order valence-electron chi connectivity index (χ2n) is 4.00. The van der Waals surface area contributed by atoms with Crippen LogP contribution in [0, 0.1) is 5.21 Å². The zero-order valence-corrected chi connectivity index (χ0v) is 9.31. The normalized spacial score (nSPS) is 23.1. The van der Waals surface area contributed by atoms with Gasteiger partial charge < -0.3 is 20.7 Å². The molecule has 0 aromatic carbocycles. The van der Waals surface area contributed by atoms with E-state index in [9.17, 15) is 5.21 Å². The molecule has 1 atom stereocenters. The van der Waals surface area contributed by atoms with Crippen LogP contribution in [0.1, 0.15) is 0 Å². The van der Waals surface area contributed by atoms with Gasteiger partial charge in [-0.1, -0.05) is 0 Å². The van der Waals surface area contributed by atoms with Gasteiger partial charge in [0, 0.05) is 26.2 Å². The summed E-state index contributed by atoms with van der Waals surface area (Å²) in [5.41, 5.74) is 0. The van der Waals surface area contributed by atoms with Crippen LogP contribution in [0.5, 0.6) is 0 Å². The van der Waals surface area contributed by atoms with Gasteiger partial charge in [-0.05, 0) is 0 Å². The number of nitrogens with one attached hydrogen (secondary N) is 3. The van der Waals surface area contributed by atoms with Gasteiger partial charge >= 0.3 is 0 Å². The molecule has 0 amide bonds. The molecule has 3 heterocycles. The van der Waals surface area contributed by atoms with Gasteiger partial charge in [-0.2, -0.15) is 4.98 Å². The van der Waals surface area contributed by atoms with Crippen molar-refractivity contribution in [2.75, 3.05) is 36.4 Å². The van der Waals surface area contributed by atoms with Crippen LogP contribution >= 0.6 is 0 Å². The summed E-state index contributed by atoms with van der Waals surface area (Å²) in [6, 6.07) is 0. The molecule has 2 aliphatic rings. The lowest BCUT2D eigenvalue weighted by Gasteiger charge is -2.29. The van der Waals surface area contributed by atoms with E-state index in [4.69, 9.17) is 0 Å². The lowest BCUT2D eigenvalue weighted by atomic mass is 10.3. The Morgan fingerprint density at radius 2 is 2.18 bits per heavy atom. The van der Waals surface area contributed by atoms with Gasteiger partial charge in [0.1, 0.15) is 6.20 Å². The van der Waals surface area contributed by atoms with Gasteiger partial charge in [-0.15, -0.1) is 0 Å². The van der Waals surface area contributed by atoms with E-state index < -0.39 is 0 Å². The number of hydrogen-bond donors (Lipinski definition) is 3. The Morgan fingerprint density at radius 3 is 3.00 bits per heavy atom. The predicted octanol–water partition coefficient (Wildman–Crippen LogP) is -1.20. The molecule has 2 aliphatic heterocycles. The molecule has 0 spiro atoms. The van der Waals surface area contributed by atoms with Crippen LogP contribution in [0.25, 0.3) is 0 Å². The molecule has 3 N–H and O–H groups in total. The van der Waals surface area contributed by atoms with E-state index in [1.807, 2.05) is 0 Å². The zero-order valence-electron chi connectivity index (χ0n) is 9.31. The molecule has 1 aromatic heterocycles. The highest BCUT2D eigenvalue weighted by Crippen LogP contribution is 2.19. The van der Waals surface area contributed by atoms with Crippen LogP contribution in [-0.2, 0) is 0 Å². The summed E-state index contributed by atoms with van der Waals surface area (Å²) < 4.78 is 0. The van der Waals surface area contributed by atoms with Crippen molar-refractivity contribution in [3.63, 3.8) is 0 Å². The summed E-state index contributed by atoms with van der Waals surface area (Å²) in [6.45, 7) is 3.66. The number of anilines is 2. The number of hydrogen-bond acceptors (Lipinski definition) is 6. The highest BCUT2D eigenvalue weighted by Gasteiger charge is 2.19. The third-order valence-corrected chi connectivity index (χ3v) is 2.89. The fourth-order valence-corrected chi connectivity index (χ4v) is 1.98. The van der Waals surface area contributed by atoms with Crippen molar-refractivity contribution < 1.29 is 5.06 Å². The van der Waals surface area contributed by atoms with E-state index in [1.165, 1.54) is 6.20 Å². The number of piperazine rings is 1. The van der Waals surface area contributed by atoms with Crippen LogP contribution in [0.3, 0.4) is 0 Å². The minimum Gasteiger partial charge on any atom is -0.623 e. The van der Waals surface area contributed by atoms with Gasteiger partial charge in [0.2, 0.25) is 5.82 Å². The van der Waals surface area contributed by atoms with E-state index in [0.717, 1.165) is 32.0 Å². The summed E-state index contributed by atoms with van der Waals surface area (Å²) in [7, 11) is 0. The number of rotatable bonds is 1. The second-order valence-corrected chi connectivity index (χ2v) is 4.00. The first kappa shape index (κ1) is 10.5. The molecule has 90 valence electrons. The molecule has 0 bridgehead atoms. The molecule has 1 aromatic rings. The zero-order chi connectivity index (χ0) is 11.7. The fourth-order valence-electron chi connectivity index (χ4n) is 1.98. The molecule has 7 nitrogen and oxygen atoms in total. The Bertz CT molecular complexity index is 442. The lowest BCUT2D eigenvalue weighted by Crippen LogP contribution is -2.97. The Labute approximate surface area is 98.7 Å². The van der Waals surface area contributed by atoms with Crippen molar-refractivity contribution in [2.24, 2.45) is 0 Å². The van der Waals surface area contributed by atoms with E-state index in [0.29, 0.717) is 11.6 Å². The molecule has 1 unspecified atom stereocenters. The van der Waals surface area contributed by atoms with Crippen molar-refractivity contribution in [3.8, 4) is 0 Å². The van der Waals surface area contributed by atoms with Crippen LogP contribution in [0.2, 0.25) is 0 Å². The number of aromatic nitrogens is 2. The van der Waals surface area contributed by atoms with Crippen molar-refractivity contribution in [1.82, 2.24) is 15.3 Å². The smallest absolute Gasteiger partial charge is 0.276 e. The third kappa shape index (κ3) is 1.95. The first-order valence-electron chi connectivity index (χ1n) is 5.65. The number of fused-ring (bicyclic) bond motifs is 1. The third-order valence-electron chi connectivity index (χ3n) is 2.89. The minimum atomic E-state index is -0.0942. The molecular weight excluding hydrogens is 220 g/mol. The first-order chi connectivity index (χ1) is 8.34. The Morgan fingerprint density at radius 1 is 1.35 bits per heavy atom. The predicted molar refractivity (Wildman–Crippen MR) is 63.9 cm³/mol. The van der Waals surface area contributed by atoms with Crippen LogP contribution in [0.4, 0.5) is 17.5 Å². The second kappa shape index (κ2) is 4.28. The average Bonchev–Trinajstić information content (AvgIpc) is 2.40. The van der Waals surface area contributed by atoms with Crippen LogP contribution < -0.4 is 20.6 Å². The molecule has 1 saturated heterocycles. The van der Waals surface area contributed by atoms with Crippen molar-refractivity contribution >= 4 is 17.5 Å². The van der Waals surface area contributed by atoms with Crippen molar-refractivity contribution in [3.05, 3.63) is 23.8 Å². The summed E-state index contributed by atoms with van der Waals surface area (Å²) in [6.07, 6.45) is 4.77. The van der Waals surface area contributed by atoms with Crippen LogP contribution in [-0.4, -0.2) is 36.1 Å². The Hall–Kier alpha value is -1.70. The maximum Gasteiger partial charge on any atom is 0.276 e. The van der Waals surface area contributed by atoms with Gasteiger partial charge in [0.25, 0.3) is 5.82 Å². The molecule has 1 fully saturated rings. The summed E-state index contributed by atoms with van der Waals surface area (Å²) in [5.74, 6) is 1.72. The summed E-state index contributed by atoms with van der Waals surface area (Å²) in [5, 5.41) is 17.8. The van der Waals surface area contributed by atoms with Gasteiger partial charge in [0.15, 0.2) is 5.82 Å². The summed E-state index contributed by atoms with van der Waals surface area (Å²) >= 11 is 0. The fraction of sp³-hybridized carbons (Fsp3) is 0.400. The Kier molecular flexibility index (Phi) is 2.63. The number of nitrogens with zero attached hydrogens (tertiary/aromatic N) is 3. The maximum atomic E-state index is 11.7. The van der Waals surface area contributed by atoms with E-state index in [2.05, 4.69) is 25.5 Å². The maximum absolute atomic E-state index is 11.7. The van der Waals surface area contributed by atoms with Crippen LogP contribution in [0.15, 0.2) is 18.6 Å². The molecule has 7 heteroatoms. The largest absolute Gasteiger partial charge is 0.623 e. The molecule has 0 aliphatic carbocycles. The number of hydroxylamine groups is 1. The minimum absolute atomic E-state index is 0.0942. The molecular formula is C10H14N6O. The van der Waals surface area contributed by atoms with E-state index in [-0.39, 0.29) is 5.06 Å². The average molecular weight is 234 g/mol. The van der Waals surface area contributed by atoms with E-state index in [1.54, 1.807) is 12.4 Å². The van der Waals surface area contributed by atoms with Crippen molar-refractivity contribution in [2.45, 2.75) is 0 Å². The molecule has 0 radical (unpaired) electrons. The van der Waals surface area contributed by atoms with E-state index >= 15 is 0 Å². The SMILES string of the molecule is [O-][NH+]1C=CNc2ncc(N3CCNCC3)nc21. The quantitative estimate of drug-likeness (QED) is 0.529. The lowest BCUT2D eigenvalue weighted by molar-refractivity contribution is -0.717. The van der Waals surface area contributed by atoms with Gasteiger partial charge in [-0.3, -0.25) is 5.06 Å².